The average molecular weight is 250 g/mol. The van der Waals surface area contributed by atoms with Crippen molar-refractivity contribution in [3.05, 3.63) is 30.1 Å². The summed E-state index contributed by atoms with van der Waals surface area (Å²) in [5.74, 6) is -0.990. The lowest BCUT2D eigenvalue weighted by Gasteiger charge is -2.26. The Morgan fingerprint density at radius 1 is 1.39 bits per heavy atom. The third-order valence-electron chi connectivity index (χ3n) is 2.57. The summed E-state index contributed by atoms with van der Waals surface area (Å²) in [6.45, 7) is 3.98. The van der Waals surface area contributed by atoms with Gasteiger partial charge in [0.1, 0.15) is 0 Å². The summed E-state index contributed by atoms with van der Waals surface area (Å²) < 4.78 is 0. The van der Waals surface area contributed by atoms with Crippen LogP contribution in [0.1, 0.15) is 26.0 Å². The first-order valence-electron chi connectivity index (χ1n) is 5.92. The van der Waals surface area contributed by atoms with Gasteiger partial charge in [0.15, 0.2) is 0 Å². The molecule has 0 aromatic carbocycles. The van der Waals surface area contributed by atoms with Crippen molar-refractivity contribution in [3.63, 3.8) is 0 Å². The Morgan fingerprint density at radius 3 is 2.61 bits per heavy atom. The molecule has 1 N–H and O–H groups in total. The molecule has 1 heterocycles. The molecule has 98 valence electrons. The second-order valence-electron chi connectivity index (χ2n) is 4.32. The van der Waals surface area contributed by atoms with Crippen LogP contribution in [-0.4, -0.2) is 39.5 Å². The van der Waals surface area contributed by atoms with Crippen LogP contribution in [-0.2, 0) is 16.0 Å². The minimum absolute atomic E-state index is 0.0134. The van der Waals surface area contributed by atoms with Crippen molar-refractivity contribution in [1.29, 1.82) is 0 Å². The minimum Gasteiger partial charge on any atom is -0.481 e. The number of hydrogen-bond donors (Lipinski definition) is 1. The number of carbonyl (C=O) groups is 2. The van der Waals surface area contributed by atoms with Gasteiger partial charge >= 0.3 is 5.97 Å². The van der Waals surface area contributed by atoms with Crippen LogP contribution >= 0.6 is 0 Å². The number of rotatable bonds is 6. The van der Waals surface area contributed by atoms with Gasteiger partial charge in [-0.15, -0.1) is 0 Å². The van der Waals surface area contributed by atoms with Crippen molar-refractivity contribution in [3.8, 4) is 0 Å². The van der Waals surface area contributed by atoms with Crippen LogP contribution in [0.2, 0.25) is 0 Å². The van der Waals surface area contributed by atoms with Gasteiger partial charge in [-0.25, -0.2) is 0 Å². The number of aliphatic carboxylic acids is 1. The standard InChI is InChI=1S/C13H18N2O3/c1-10(2)15(8-6-13(17)18)12(16)9-11-5-3-4-7-14-11/h3-5,7,10H,6,8-9H2,1-2H3,(H,17,18). The van der Waals surface area contributed by atoms with Crippen molar-refractivity contribution in [2.45, 2.75) is 32.7 Å². The van der Waals surface area contributed by atoms with Crippen LogP contribution in [0.15, 0.2) is 24.4 Å². The molecule has 0 aliphatic carbocycles. The number of nitrogens with zero attached hydrogens (tertiary/aromatic N) is 2. The molecule has 0 atom stereocenters. The summed E-state index contributed by atoms with van der Waals surface area (Å²) >= 11 is 0. The van der Waals surface area contributed by atoms with E-state index in [-0.39, 0.29) is 31.3 Å². The molecule has 0 bridgehead atoms. The zero-order valence-electron chi connectivity index (χ0n) is 10.7. The second kappa shape index (κ2) is 6.74. The highest BCUT2D eigenvalue weighted by Crippen LogP contribution is 2.05. The number of pyridine rings is 1. The summed E-state index contributed by atoms with van der Waals surface area (Å²) in [6, 6.07) is 5.39. The fraction of sp³-hybridized carbons (Fsp3) is 0.462. The highest BCUT2D eigenvalue weighted by atomic mass is 16.4. The van der Waals surface area contributed by atoms with Gasteiger partial charge in [0.2, 0.25) is 5.91 Å². The van der Waals surface area contributed by atoms with Crippen molar-refractivity contribution in [2.24, 2.45) is 0 Å². The lowest BCUT2D eigenvalue weighted by Crippen LogP contribution is -2.39. The Kier molecular flexibility index (Phi) is 5.30. The maximum absolute atomic E-state index is 12.1. The molecule has 0 fully saturated rings. The Labute approximate surface area is 106 Å². The van der Waals surface area contributed by atoms with E-state index in [1.807, 2.05) is 19.9 Å². The van der Waals surface area contributed by atoms with E-state index in [0.29, 0.717) is 5.69 Å². The number of amides is 1. The van der Waals surface area contributed by atoms with E-state index in [1.54, 1.807) is 23.2 Å². The molecule has 0 saturated carbocycles. The molecule has 1 amide bonds. The van der Waals surface area contributed by atoms with E-state index in [1.165, 1.54) is 0 Å². The lowest BCUT2D eigenvalue weighted by atomic mass is 10.2. The van der Waals surface area contributed by atoms with Crippen molar-refractivity contribution >= 4 is 11.9 Å². The van der Waals surface area contributed by atoms with E-state index >= 15 is 0 Å². The van der Waals surface area contributed by atoms with E-state index in [0.717, 1.165) is 0 Å². The Morgan fingerprint density at radius 2 is 2.11 bits per heavy atom. The highest BCUT2D eigenvalue weighted by molar-refractivity contribution is 5.79. The summed E-state index contributed by atoms with van der Waals surface area (Å²) in [6.07, 6.45) is 1.81. The number of carbonyl (C=O) groups excluding carboxylic acids is 1. The molecule has 0 aliphatic rings. The zero-order valence-corrected chi connectivity index (χ0v) is 10.7. The molecular weight excluding hydrogens is 232 g/mol. The maximum atomic E-state index is 12.1. The zero-order chi connectivity index (χ0) is 13.5. The maximum Gasteiger partial charge on any atom is 0.305 e. The molecule has 18 heavy (non-hydrogen) atoms. The first kappa shape index (κ1) is 14.2. The Balaban J connectivity index is 2.62. The van der Waals surface area contributed by atoms with Crippen LogP contribution in [0.5, 0.6) is 0 Å². The molecule has 1 aromatic rings. The van der Waals surface area contributed by atoms with Gasteiger partial charge in [-0.3, -0.25) is 14.6 Å². The fourth-order valence-corrected chi connectivity index (χ4v) is 1.65. The number of carboxylic acids is 1. The molecule has 0 spiro atoms. The Bertz CT molecular complexity index is 404. The van der Waals surface area contributed by atoms with Crippen LogP contribution < -0.4 is 0 Å². The fourth-order valence-electron chi connectivity index (χ4n) is 1.65. The van der Waals surface area contributed by atoms with E-state index < -0.39 is 5.97 Å². The quantitative estimate of drug-likeness (QED) is 0.827. The summed E-state index contributed by atoms with van der Waals surface area (Å²) in [7, 11) is 0. The molecule has 5 nitrogen and oxygen atoms in total. The predicted octanol–water partition coefficient (Wildman–Crippen LogP) is 1.34. The van der Waals surface area contributed by atoms with E-state index in [2.05, 4.69) is 4.98 Å². The molecule has 0 radical (unpaired) electrons. The van der Waals surface area contributed by atoms with Gasteiger partial charge in [-0.2, -0.15) is 0 Å². The van der Waals surface area contributed by atoms with Gasteiger partial charge in [0, 0.05) is 24.5 Å². The monoisotopic (exact) mass is 250 g/mol. The van der Waals surface area contributed by atoms with Crippen LogP contribution in [0.25, 0.3) is 0 Å². The lowest BCUT2D eigenvalue weighted by molar-refractivity contribution is -0.139. The SMILES string of the molecule is CC(C)N(CCC(=O)O)C(=O)Cc1ccccn1. The van der Waals surface area contributed by atoms with Gasteiger partial charge in [0.25, 0.3) is 0 Å². The Hall–Kier alpha value is -1.91. The third-order valence-corrected chi connectivity index (χ3v) is 2.57. The number of hydrogen-bond acceptors (Lipinski definition) is 3. The highest BCUT2D eigenvalue weighted by Gasteiger charge is 2.18. The van der Waals surface area contributed by atoms with E-state index in [9.17, 15) is 9.59 Å². The van der Waals surface area contributed by atoms with E-state index in [4.69, 9.17) is 5.11 Å². The summed E-state index contributed by atoms with van der Waals surface area (Å²) in [5, 5.41) is 8.67. The van der Waals surface area contributed by atoms with Gasteiger partial charge in [-0.1, -0.05) is 6.07 Å². The first-order chi connectivity index (χ1) is 8.50. The second-order valence-corrected chi connectivity index (χ2v) is 4.32. The molecule has 0 unspecified atom stereocenters. The van der Waals surface area contributed by atoms with Gasteiger partial charge in [-0.05, 0) is 26.0 Å². The van der Waals surface area contributed by atoms with Crippen molar-refractivity contribution in [1.82, 2.24) is 9.88 Å². The van der Waals surface area contributed by atoms with Gasteiger partial charge < -0.3 is 10.0 Å². The first-order valence-corrected chi connectivity index (χ1v) is 5.92. The van der Waals surface area contributed by atoms with Crippen molar-refractivity contribution in [2.75, 3.05) is 6.54 Å². The normalized spacial score (nSPS) is 10.4. The van der Waals surface area contributed by atoms with Gasteiger partial charge in [0.05, 0.1) is 12.8 Å². The number of aromatic nitrogens is 1. The predicted molar refractivity (Wildman–Crippen MR) is 67.0 cm³/mol. The smallest absolute Gasteiger partial charge is 0.305 e. The molecule has 1 rings (SSSR count). The van der Waals surface area contributed by atoms with Crippen LogP contribution in [0.4, 0.5) is 0 Å². The molecule has 0 aliphatic heterocycles. The molecule has 1 aromatic heterocycles. The topological polar surface area (TPSA) is 70.5 Å². The molecular formula is C13H18N2O3. The minimum atomic E-state index is -0.897. The molecule has 5 heteroatoms. The third kappa shape index (κ3) is 4.53. The molecule has 0 saturated heterocycles. The summed E-state index contributed by atoms with van der Waals surface area (Å²) in [5.41, 5.74) is 0.698. The number of carboxylic acid groups (broad SMARTS) is 1. The van der Waals surface area contributed by atoms with Crippen LogP contribution in [0.3, 0.4) is 0 Å². The average Bonchev–Trinajstić information content (AvgIpc) is 2.29. The van der Waals surface area contributed by atoms with Crippen molar-refractivity contribution < 1.29 is 14.7 Å². The summed E-state index contributed by atoms with van der Waals surface area (Å²) in [4.78, 5) is 28.3. The van der Waals surface area contributed by atoms with Crippen LogP contribution in [0, 0.1) is 0 Å². The largest absolute Gasteiger partial charge is 0.481 e.